The fourth-order valence-electron chi connectivity index (χ4n) is 2.11. The minimum absolute atomic E-state index is 0.0672. The van der Waals surface area contributed by atoms with Crippen LogP contribution in [0.15, 0.2) is 0 Å². The summed E-state index contributed by atoms with van der Waals surface area (Å²) in [5.74, 6) is 0.641. The number of esters is 1. The quantitative estimate of drug-likeness (QED) is 0.708. The number of hydrogen-bond acceptors (Lipinski definition) is 3. The second-order valence-electron chi connectivity index (χ2n) is 4.98. The van der Waals surface area contributed by atoms with Crippen molar-refractivity contribution in [2.75, 3.05) is 6.61 Å². The Morgan fingerprint density at radius 2 is 2.00 bits per heavy atom. The summed E-state index contributed by atoms with van der Waals surface area (Å²) in [6, 6.07) is 0.704. The van der Waals surface area contributed by atoms with Crippen LogP contribution in [-0.2, 0) is 9.53 Å². The van der Waals surface area contributed by atoms with E-state index >= 15 is 0 Å². The van der Waals surface area contributed by atoms with Gasteiger partial charge in [0.15, 0.2) is 0 Å². The average molecular weight is 227 g/mol. The molecular weight excluding hydrogens is 202 g/mol. The summed E-state index contributed by atoms with van der Waals surface area (Å²) < 4.78 is 5.03. The Balaban J connectivity index is 2.31. The Hall–Kier alpha value is -0.570. The van der Waals surface area contributed by atoms with Crippen LogP contribution in [0.4, 0.5) is 0 Å². The molecule has 3 atom stereocenters. The van der Waals surface area contributed by atoms with Crippen molar-refractivity contribution in [1.29, 1.82) is 0 Å². The topological polar surface area (TPSA) is 38.3 Å². The van der Waals surface area contributed by atoms with Gasteiger partial charge in [0, 0.05) is 12.1 Å². The fourth-order valence-corrected chi connectivity index (χ4v) is 2.11. The summed E-state index contributed by atoms with van der Waals surface area (Å²) in [6.45, 7) is 8.53. The fraction of sp³-hybridized carbons (Fsp3) is 0.923. The minimum Gasteiger partial charge on any atom is -0.466 e. The molecule has 1 rings (SSSR count). The summed E-state index contributed by atoms with van der Waals surface area (Å²) in [5, 5.41) is 3.52. The van der Waals surface area contributed by atoms with Crippen LogP contribution < -0.4 is 5.32 Å². The summed E-state index contributed by atoms with van der Waals surface area (Å²) >= 11 is 0. The van der Waals surface area contributed by atoms with Crippen LogP contribution in [0.3, 0.4) is 0 Å². The molecule has 0 bridgehead atoms. The standard InChI is InChI=1S/C13H25NO2/c1-5-16-13(15)9(2)10(3)14-11(4)12-7-6-8-12/h9-12,14H,5-8H2,1-4H3/t9-,10+,11+/m1/s1. The van der Waals surface area contributed by atoms with E-state index in [0.29, 0.717) is 12.6 Å². The first kappa shape index (κ1) is 13.5. The molecule has 3 heteroatoms. The lowest BCUT2D eigenvalue weighted by molar-refractivity contribution is -0.148. The SMILES string of the molecule is CCOC(=O)[C@H](C)[C@H](C)N[C@@H](C)C1CCC1. The van der Waals surface area contributed by atoms with Gasteiger partial charge < -0.3 is 10.1 Å². The molecule has 0 amide bonds. The lowest BCUT2D eigenvalue weighted by Gasteiger charge is -2.35. The van der Waals surface area contributed by atoms with E-state index in [2.05, 4.69) is 19.2 Å². The number of carbonyl (C=O) groups is 1. The van der Waals surface area contributed by atoms with Crippen molar-refractivity contribution in [2.24, 2.45) is 11.8 Å². The Bertz CT molecular complexity index is 226. The van der Waals surface area contributed by atoms with Crippen molar-refractivity contribution in [3.8, 4) is 0 Å². The summed E-state index contributed by atoms with van der Waals surface area (Å²) in [4.78, 5) is 11.6. The van der Waals surface area contributed by atoms with Crippen LogP contribution in [0, 0.1) is 11.8 Å². The highest BCUT2D eigenvalue weighted by molar-refractivity contribution is 5.72. The lowest BCUT2D eigenvalue weighted by Crippen LogP contribution is -2.46. The zero-order chi connectivity index (χ0) is 12.1. The molecule has 0 saturated heterocycles. The van der Waals surface area contributed by atoms with Crippen molar-refractivity contribution >= 4 is 5.97 Å². The van der Waals surface area contributed by atoms with E-state index in [9.17, 15) is 4.79 Å². The third-order valence-corrected chi connectivity index (χ3v) is 3.79. The average Bonchev–Trinajstić information content (AvgIpc) is 2.13. The third kappa shape index (κ3) is 3.48. The first-order chi connectivity index (χ1) is 7.56. The number of nitrogens with one attached hydrogen (secondary N) is 1. The zero-order valence-electron chi connectivity index (χ0n) is 11.0. The van der Waals surface area contributed by atoms with E-state index in [0.717, 1.165) is 5.92 Å². The molecule has 94 valence electrons. The monoisotopic (exact) mass is 227 g/mol. The van der Waals surface area contributed by atoms with E-state index in [1.165, 1.54) is 19.3 Å². The van der Waals surface area contributed by atoms with Gasteiger partial charge in [-0.2, -0.15) is 0 Å². The molecule has 0 heterocycles. The maximum atomic E-state index is 11.6. The molecule has 1 aliphatic rings. The zero-order valence-corrected chi connectivity index (χ0v) is 11.0. The van der Waals surface area contributed by atoms with Crippen LogP contribution in [0.25, 0.3) is 0 Å². The summed E-state index contributed by atoms with van der Waals surface area (Å²) in [5.41, 5.74) is 0. The van der Waals surface area contributed by atoms with Gasteiger partial charge in [-0.05, 0) is 39.5 Å². The molecule has 1 aliphatic carbocycles. The smallest absolute Gasteiger partial charge is 0.310 e. The predicted octanol–water partition coefficient (Wildman–Crippen LogP) is 2.35. The van der Waals surface area contributed by atoms with Crippen molar-refractivity contribution in [1.82, 2.24) is 5.32 Å². The predicted molar refractivity (Wildman–Crippen MR) is 65.2 cm³/mol. The number of ether oxygens (including phenoxy) is 1. The van der Waals surface area contributed by atoms with E-state index in [1.54, 1.807) is 0 Å². The van der Waals surface area contributed by atoms with Gasteiger partial charge in [-0.1, -0.05) is 13.3 Å². The molecule has 16 heavy (non-hydrogen) atoms. The van der Waals surface area contributed by atoms with E-state index in [-0.39, 0.29) is 17.9 Å². The first-order valence-electron chi connectivity index (χ1n) is 6.49. The van der Waals surface area contributed by atoms with Crippen LogP contribution in [0.5, 0.6) is 0 Å². The molecule has 1 saturated carbocycles. The Kier molecular flexibility index (Phi) is 5.26. The molecule has 0 aromatic rings. The highest BCUT2D eigenvalue weighted by Crippen LogP contribution is 2.29. The van der Waals surface area contributed by atoms with E-state index < -0.39 is 0 Å². The largest absolute Gasteiger partial charge is 0.466 e. The highest BCUT2D eigenvalue weighted by Gasteiger charge is 2.28. The maximum Gasteiger partial charge on any atom is 0.310 e. The van der Waals surface area contributed by atoms with Gasteiger partial charge in [-0.3, -0.25) is 4.79 Å². The van der Waals surface area contributed by atoms with Crippen LogP contribution >= 0.6 is 0 Å². The Morgan fingerprint density at radius 1 is 1.38 bits per heavy atom. The molecule has 3 nitrogen and oxygen atoms in total. The van der Waals surface area contributed by atoms with Crippen LogP contribution in [0.1, 0.15) is 47.0 Å². The van der Waals surface area contributed by atoms with Gasteiger partial charge in [0.25, 0.3) is 0 Å². The third-order valence-electron chi connectivity index (χ3n) is 3.79. The van der Waals surface area contributed by atoms with Crippen LogP contribution in [0.2, 0.25) is 0 Å². The summed E-state index contributed by atoms with van der Waals surface area (Å²) in [6.07, 6.45) is 4.02. The maximum absolute atomic E-state index is 11.6. The lowest BCUT2D eigenvalue weighted by atomic mass is 9.80. The van der Waals surface area contributed by atoms with Gasteiger partial charge in [0.1, 0.15) is 0 Å². The minimum atomic E-state index is -0.0942. The number of rotatable bonds is 6. The second-order valence-corrected chi connectivity index (χ2v) is 4.98. The molecular formula is C13H25NO2. The first-order valence-corrected chi connectivity index (χ1v) is 6.49. The normalized spacial score (nSPS) is 22.0. The molecule has 0 aliphatic heterocycles. The molecule has 1 fully saturated rings. The number of hydrogen-bond donors (Lipinski definition) is 1. The molecule has 1 N–H and O–H groups in total. The molecule has 0 spiro atoms. The molecule has 0 aromatic carbocycles. The van der Waals surface area contributed by atoms with Crippen molar-refractivity contribution in [3.05, 3.63) is 0 Å². The number of carbonyl (C=O) groups excluding carboxylic acids is 1. The van der Waals surface area contributed by atoms with Gasteiger partial charge in [0.05, 0.1) is 12.5 Å². The van der Waals surface area contributed by atoms with Crippen LogP contribution in [-0.4, -0.2) is 24.7 Å². The van der Waals surface area contributed by atoms with Crippen molar-refractivity contribution in [2.45, 2.75) is 59.0 Å². The molecule has 0 unspecified atom stereocenters. The van der Waals surface area contributed by atoms with Crippen molar-refractivity contribution < 1.29 is 9.53 Å². The Morgan fingerprint density at radius 3 is 2.44 bits per heavy atom. The van der Waals surface area contributed by atoms with Gasteiger partial charge in [-0.25, -0.2) is 0 Å². The van der Waals surface area contributed by atoms with Gasteiger partial charge in [0.2, 0.25) is 0 Å². The van der Waals surface area contributed by atoms with E-state index in [1.807, 2.05) is 13.8 Å². The van der Waals surface area contributed by atoms with Gasteiger partial charge in [-0.15, -0.1) is 0 Å². The van der Waals surface area contributed by atoms with E-state index in [4.69, 9.17) is 4.74 Å². The summed E-state index contributed by atoms with van der Waals surface area (Å²) in [7, 11) is 0. The molecule has 0 aromatic heterocycles. The molecule has 0 radical (unpaired) electrons. The second kappa shape index (κ2) is 6.24. The Labute approximate surface area is 98.9 Å². The highest BCUT2D eigenvalue weighted by atomic mass is 16.5. The van der Waals surface area contributed by atoms with Gasteiger partial charge >= 0.3 is 5.97 Å². The van der Waals surface area contributed by atoms with Crippen molar-refractivity contribution in [3.63, 3.8) is 0 Å².